The lowest BCUT2D eigenvalue weighted by Gasteiger charge is -2.34. The molecule has 1 amide bonds. The first-order chi connectivity index (χ1) is 11.7. The summed E-state index contributed by atoms with van der Waals surface area (Å²) < 4.78 is 17.1. The number of carbonyl (C=O) groups excluding carboxylic acids is 1. The number of piperidine rings is 1. The summed E-state index contributed by atoms with van der Waals surface area (Å²) in [4.78, 5) is 14.4. The number of likely N-dealkylation sites (N-methyl/N-ethyl adjacent to an activating group) is 1. The van der Waals surface area contributed by atoms with Gasteiger partial charge < -0.3 is 19.5 Å². The molecule has 0 radical (unpaired) electrons. The summed E-state index contributed by atoms with van der Waals surface area (Å²) in [7, 11) is 3.36. The van der Waals surface area contributed by atoms with Gasteiger partial charge in [0.2, 0.25) is 5.91 Å². The van der Waals surface area contributed by atoms with E-state index in [0.717, 1.165) is 55.0 Å². The summed E-state index contributed by atoms with van der Waals surface area (Å²) in [5.41, 5.74) is 1.03. The summed E-state index contributed by atoms with van der Waals surface area (Å²) >= 11 is 0. The number of nitrogens with zero attached hydrogens (tertiary/aromatic N) is 1. The maximum Gasteiger partial charge on any atom is 0.237 e. The zero-order valence-electron chi connectivity index (χ0n) is 14.5. The minimum absolute atomic E-state index is 0.0792. The van der Waals surface area contributed by atoms with Crippen LogP contribution < -0.4 is 19.5 Å². The molecule has 3 rings (SSSR count). The van der Waals surface area contributed by atoms with Gasteiger partial charge >= 0.3 is 0 Å². The molecule has 6 heteroatoms. The van der Waals surface area contributed by atoms with Crippen molar-refractivity contribution in [3.8, 4) is 17.2 Å². The lowest BCUT2D eigenvalue weighted by molar-refractivity contribution is -0.127. The Morgan fingerprint density at radius 1 is 1.25 bits per heavy atom. The van der Waals surface area contributed by atoms with Crippen molar-refractivity contribution in [1.29, 1.82) is 0 Å². The molecular formula is C18H26N2O4. The molecule has 24 heavy (non-hydrogen) atoms. The van der Waals surface area contributed by atoms with Crippen molar-refractivity contribution in [3.63, 3.8) is 0 Å². The average molecular weight is 334 g/mol. The van der Waals surface area contributed by atoms with Gasteiger partial charge in [-0.1, -0.05) is 6.42 Å². The Kier molecular flexibility index (Phi) is 5.45. The molecule has 0 aliphatic carbocycles. The third-order valence-electron chi connectivity index (χ3n) is 4.69. The van der Waals surface area contributed by atoms with E-state index in [2.05, 4.69) is 10.2 Å². The Labute approximate surface area is 143 Å². The fourth-order valence-corrected chi connectivity index (χ4v) is 3.41. The number of hydrogen-bond donors (Lipinski definition) is 1. The first-order valence-electron chi connectivity index (χ1n) is 8.65. The van der Waals surface area contributed by atoms with E-state index in [0.29, 0.717) is 19.8 Å². The van der Waals surface area contributed by atoms with Crippen molar-refractivity contribution in [2.24, 2.45) is 0 Å². The second-order valence-electron chi connectivity index (χ2n) is 6.26. The Hall–Kier alpha value is -1.95. The Morgan fingerprint density at radius 3 is 2.71 bits per heavy atom. The molecule has 1 aromatic carbocycles. The van der Waals surface area contributed by atoms with Gasteiger partial charge in [0, 0.05) is 31.6 Å². The topological polar surface area (TPSA) is 60.0 Å². The number of amides is 1. The Bertz CT molecular complexity index is 591. The molecule has 1 aromatic rings. The highest BCUT2D eigenvalue weighted by Crippen LogP contribution is 2.37. The first kappa shape index (κ1) is 16.9. The van der Waals surface area contributed by atoms with Gasteiger partial charge in [0.1, 0.15) is 5.75 Å². The van der Waals surface area contributed by atoms with Gasteiger partial charge in [-0.25, -0.2) is 0 Å². The molecule has 1 N–H and O–H groups in total. The van der Waals surface area contributed by atoms with Crippen LogP contribution in [0.15, 0.2) is 12.1 Å². The summed E-state index contributed by atoms with van der Waals surface area (Å²) in [5.74, 6) is 2.36. The van der Waals surface area contributed by atoms with Gasteiger partial charge in [-0.3, -0.25) is 9.69 Å². The van der Waals surface area contributed by atoms with Crippen LogP contribution in [0.5, 0.6) is 17.2 Å². The molecule has 2 aliphatic rings. The van der Waals surface area contributed by atoms with Crippen LogP contribution in [0.2, 0.25) is 0 Å². The molecule has 1 fully saturated rings. The summed E-state index contributed by atoms with van der Waals surface area (Å²) in [6.07, 6.45) is 3.97. The fourth-order valence-electron chi connectivity index (χ4n) is 3.41. The zero-order valence-corrected chi connectivity index (χ0v) is 14.5. The fraction of sp³-hybridized carbons (Fsp3) is 0.611. The predicted octanol–water partition coefficient (Wildman–Crippen LogP) is 1.96. The monoisotopic (exact) mass is 334 g/mol. The number of hydrogen-bond acceptors (Lipinski definition) is 5. The number of benzene rings is 1. The van der Waals surface area contributed by atoms with Crippen molar-refractivity contribution in [3.05, 3.63) is 17.7 Å². The second-order valence-corrected chi connectivity index (χ2v) is 6.26. The lowest BCUT2D eigenvalue weighted by atomic mass is 10.00. The number of nitrogens with one attached hydrogen (secondary N) is 1. The third-order valence-corrected chi connectivity index (χ3v) is 4.69. The SMILES string of the molecule is CNC(=O)[C@H]1CCCCN1Cc1cc2c(cc1OC)OCCCO2. The van der Waals surface area contributed by atoms with Crippen molar-refractivity contribution in [1.82, 2.24) is 10.2 Å². The van der Waals surface area contributed by atoms with Crippen LogP contribution in [-0.2, 0) is 11.3 Å². The number of ether oxygens (including phenoxy) is 3. The van der Waals surface area contributed by atoms with Crippen molar-refractivity contribution in [2.45, 2.75) is 38.3 Å². The highest BCUT2D eigenvalue weighted by Gasteiger charge is 2.29. The van der Waals surface area contributed by atoms with Crippen molar-refractivity contribution < 1.29 is 19.0 Å². The van der Waals surface area contributed by atoms with Crippen LogP contribution >= 0.6 is 0 Å². The molecule has 0 bridgehead atoms. The quantitative estimate of drug-likeness (QED) is 0.912. The molecule has 0 aromatic heterocycles. The van der Waals surface area contributed by atoms with Gasteiger partial charge in [-0.05, 0) is 25.5 Å². The van der Waals surface area contributed by atoms with Crippen LogP contribution in [0, 0.1) is 0 Å². The number of methoxy groups -OCH3 is 1. The minimum Gasteiger partial charge on any atom is -0.496 e. The summed E-state index contributed by atoms with van der Waals surface area (Å²) in [6.45, 7) is 2.89. The molecular weight excluding hydrogens is 308 g/mol. The predicted molar refractivity (Wildman–Crippen MR) is 90.7 cm³/mol. The van der Waals surface area contributed by atoms with Crippen LogP contribution in [0.1, 0.15) is 31.2 Å². The first-order valence-corrected chi connectivity index (χ1v) is 8.65. The van der Waals surface area contributed by atoms with Gasteiger partial charge in [-0.2, -0.15) is 0 Å². The van der Waals surface area contributed by atoms with Crippen LogP contribution in [0.3, 0.4) is 0 Å². The highest BCUT2D eigenvalue weighted by molar-refractivity contribution is 5.81. The van der Waals surface area contributed by atoms with E-state index in [1.165, 1.54) is 0 Å². The summed E-state index contributed by atoms with van der Waals surface area (Å²) in [5, 5.41) is 2.78. The van der Waals surface area contributed by atoms with Gasteiger partial charge in [0.25, 0.3) is 0 Å². The lowest BCUT2D eigenvalue weighted by Crippen LogP contribution is -2.48. The number of rotatable bonds is 4. The molecule has 2 heterocycles. The summed E-state index contributed by atoms with van der Waals surface area (Å²) in [6, 6.07) is 3.81. The molecule has 2 aliphatic heterocycles. The van der Waals surface area contributed by atoms with Crippen LogP contribution in [0.25, 0.3) is 0 Å². The van der Waals surface area contributed by atoms with E-state index in [1.54, 1.807) is 14.2 Å². The second kappa shape index (κ2) is 7.75. The number of likely N-dealkylation sites (tertiary alicyclic amines) is 1. The number of carbonyl (C=O) groups is 1. The van der Waals surface area contributed by atoms with E-state index in [9.17, 15) is 4.79 Å². The molecule has 6 nitrogen and oxygen atoms in total. The Morgan fingerprint density at radius 2 is 2.00 bits per heavy atom. The molecule has 1 atom stereocenters. The van der Waals surface area contributed by atoms with E-state index < -0.39 is 0 Å². The highest BCUT2D eigenvalue weighted by atomic mass is 16.5. The van der Waals surface area contributed by atoms with Gasteiger partial charge in [0.15, 0.2) is 11.5 Å². The van der Waals surface area contributed by atoms with E-state index >= 15 is 0 Å². The zero-order chi connectivity index (χ0) is 16.9. The largest absolute Gasteiger partial charge is 0.496 e. The molecule has 0 saturated carbocycles. The average Bonchev–Trinajstić information content (AvgIpc) is 2.85. The standard InChI is InChI=1S/C18H26N2O4/c1-19-18(21)14-6-3-4-7-20(14)12-13-10-16-17(11-15(13)22-2)24-9-5-8-23-16/h10-11,14H,3-9,12H2,1-2H3,(H,19,21)/t14-/m1/s1. The Balaban J connectivity index is 1.85. The molecule has 0 unspecified atom stereocenters. The molecule has 132 valence electrons. The van der Waals surface area contributed by atoms with Crippen molar-refractivity contribution in [2.75, 3.05) is 33.9 Å². The van der Waals surface area contributed by atoms with Gasteiger partial charge in [-0.15, -0.1) is 0 Å². The normalized spacial score (nSPS) is 21.0. The van der Waals surface area contributed by atoms with Crippen LogP contribution in [0.4, 0.5) is 0 Å². The van der Waals surface area contributed by atoms with Gasteiger partial charge in [0.05, 0.1) is 26.4 Å². The van der Waals surface area contributed by atoms with E-state index in [-0.39, 0.29) is 11.9 Å². The van der Waals surface area contributed by atoms with Crippen molar-refractivity contribution >= 4 is 5.91 Å². The maximum atomic E-state index is 12.2. The third kappa shape index (κ3) is 3.59. The minimum atomic E-state index is -0.0792. The number of fused-ring (bicyclic) bond motifs is 1. The maximum absolute atomic E-state index is 12.2. The van der Waals surface area contributed by atoms with E-state index in [4.69, 9.17) is 14.2 Å². The molecule has 1 saturated heterocycles. The van der Waals surface area contributed by atoms with E-state index in [1.807, 2.05) is 12.1 Å². The van der Waals surface area contributed by atoms with Crippen LogP contribution in [-0.4, -0.2) is 50.8 Å². The smallest absolute Gasteiger partial charge is 0.237 e. The molecule has 0 spiro atoms.